The molecule has 1 saturated carbocycles. The summed E-state index contributed by atoms with van der Waals surface area (Å²) in [5.74, 6) is 1.26. The number of hydrogen-bond acceptors (Lipinski definition) is 2. The van der Waals surface area contributed by atoms with E-state index < -0.39 is 0 Å². The average molecular weight is 268 g/mol. The minimum absolute atomic E-state index is 0.0638. The van der Waals surface area contributed by atoms with Gasteiger partial charge >= 0.3 is 0 Å². The lowest BCUT2D eigenvalue weighted by molar-refractivity contribution is -0.115. The van der Waals surface area contributed by atoms with Crippen LogP contribution in [-0.4, -0.2) is 11.7 Å². The summed E-state index contributed by atoms with van der Waals surface area (Å²) in [7, 11) is 0. The summed E-state index contributed by atoms with van der Waals surface area (Å²) < 4.78 is 0. The first-order valence-electron chi connectivity index (χ1n) is 7.41. The molecule has 20 heavy (non-hydrogen) atoms. The van der Waals surface area contributed by atoms with Gasteiger partial charge in [0.25, 0.3) is 5.91 Å². The number of aryl methyl sites for hydroxylation is 1. The zero-order chi connectivity index (χ0) is 13.9. The Morgan fingerprint density at radius 1 is 1.15 bits per heavy atom. The zero-order valence-corrected chi connectivity index (χ0v) is 11.9. The average Bonchev–Trinajstić information content (AvgIpc) is 2.84. The van der Waals surface area contributed by atoms with Gasteiger partial charge in [-0.3, -0.25) is 4.79 Å². The molecule has 1 aromatic carbocycles. The summed E-state index contributed by atoms with van der Waals surface area (Å²) in [5.41, 5.74) is 2.78. The number of rotatable bonds is 2. The fourth-order valence-electron chi connectivity index (χ4n) is 2.88. The van der Waals surface area contributed by atoms with Crippen molar-refractivity contribution in [3.05, 3.63) is 41.1 Å². The minimum Gasteiger partial charge on any atom is -0.308 e. The molecule has 3 heteroatoms. The highest BCUT2D eigenvalue weighted by Crippen LogP contribution is 2.26. The largest absolute Gasteiger partial charge is 0.308 e. The molecule has 0 atom stereocenters. The van der Waals surface area contributed by atoms with Gasteiger partial charge in [0.05, 0.1) is 0 Å². The molecule has 1 aromatic rings. The summed E-state index contributed by atoms with van der Waals surface area (Å²) in [6.45, 7) is 2.05. The lowest BCUT2D eigenvalue weighted by atomic mass is 9.88. The first-order valence-corrected chi connectivity index (χ1v) is 7.41. The molecule has 3 rings (SSSR count). The quantitative estimate of drug-likeness (QED) is 0.820. The maximum atomic E-state index is 12.0. The summed E-state index contributed by atoms with van der Waals surface area (Å²) >= 11 is 0. The summed E-state index contributed by atoms with van der Waals surface area (Å²) in [6, 6.07) is 8.13. The van der Waals surface area contributed by atoms with E-state index in [-0.39, 0.29) is 5.91 Å². The number of amides is 1. The molecule has 1 N–H and O–H groups in total. The summed E-state index contributed by atoms with van der Waals surface area (Å²) in [6.07, 6.45) is 7.97. The predicted octanol–water partition coefficient (Wildman–Crippen LogP) is 3.44. The molecule has 1 aliphatic carbocycles. The molecule has 0 spiro atoms. The molecule has 1 amide bonds. The molecule has 1 fully saturated rings. The van der Waals surface area contributed by atoms with E-state index in [9.17, 15) is 4.79 Å². The number of aliphatic imine (C=N–C) groups is 1. The lowest BCUT2D eigenvalue weighted by Crippen LogP contribution is -2.31. The monoisotopic (exact) mass is 268 g/mol. The van der Waals surface area contributed by atoms with Crippen LogP contribution in [0.3, 0.4) is 0 Å². The van der Waals surface area contributed by atoms with Gasteiger partial charge in [0, 0.05) is 5.92 Å². The van der Waals surface area contributed by atoms with Crippen LogP contribution in [0.1, 0.15) is 43.2 Å². The van der Waals surface area contributed by atoms with Crippen molar-refractivity contribution >= 4 is 17.8 Å². The highest BCUT2D eigenvalue weighted by atomic mass is 16.2. The van der Waals surface area contributed by atoms with Gasteiger partial charge in [0.15, 0.2) is 0 Å². The van der Waals surface area contributed by atoms with Crippen molar-refractivity contribution < 1.29 is 4.79 Å². The van der Waals surface area contributed by atoms with Gasteiger partial charge in [0.2, 0.25) is 0 Å². The van der Waals surface area contributed by atoms with E-state index in [1.54, 1.807) is 0 Å². The Bertz CT molecular complexity index is 563. The Labute approximate surface area is 119 Å². The third-order valence-electron chi connectivity index (χ3n) is 4.09. The smallest absolute Gasteiger partial charge is 0.275 e. The van der Waals surface area contributed by atoms with Crippen molar-refractivity contribution in [2.45, 2.75) is 39.0 Å². The van der Waals surface area contributed by atoms with E-state index in [1.807, 2.05) is 30.3 Å². The van der Waals surface area contributed by atoms with Crippen LogP contribution in [0.5, 0.6) is 0 Å². The molecule has 0 bridgehead atoms. The molecular formula is C17H20N2O. The zero-order valence-electron chi connectivity index (χ0n) is 11.9. The van der Waals surface area contributed by atoms with Crippen molar-refractivity contribution in [1.82, 2.24) is 5.32 Å². The second-order valence-corrected chi connectivity index (χ2v) is 5.73. The number of carbonyl (C=O) groups is 1. The van der Waals surface area contributed by atoms with Crippen LogP contribution in [0, 0.1) is 12.8 Å². The van der Waals surface area contributed by atoms with Crippen LogP contribution in [0.2, 0.25) is 0 Å². The normalized spacial score (nSPS) is 21.9. The van der Waals surface area contributed by atoms with Crippen LogP contribution in [0.25, 0.3) is 6.08 Å². The second kappa shape index (κ2) is 5.61. The Hall–Kier alpha value is -1.90. The van der Waals surface area contributed by atoms with E-state index in [4.69, 9.17) is 0 Å². The number of nitrogens with one attached hydrogen (secondary N) is 1. The van der Waals surface area contributed by atoms with Gasteiger partial charge in [-0.2, -0.15) is 0 Å². The van der Waals surface area contributed by atoms with E-state index in [0.717, 1.165) is 24.2 Å². The van der Waals surface area contributed by atoms with Crippen molar-refractivity contribution in [2.75, 3.05) is 0 Å². The number of carbonyl (C=O) groups excluding carboxylic acids is 1. The maximum Gasteiger partial charge on any atom is 0.275 e. The van der Waals surface area contributed by atoms with E-state index >= 15 is 0 Å². The first-order chi connectivity index (χ1) is 9.72. The molecule has 0 saturated heterocycles. The highest BCUT2D eigenvalue weighted by Gasteiger charge is 2.27. The van der Waals surface area contributed by atoms with Crippen molar-refractivity contribution in [1.29, 1.82) is 0 Å². The van der Waals surface area contributed by atoms with E-state index in [2.05, 4.69) is 17.2 Å². The standard InChI is InChI=1S/C17H20N2O/c1-12-7-9-13(10-8-12)11-15-17(20)19-16(18-15)14-5-3-2-4-6-14/h7-11,14H,2-6H2,1H3,(H,18,19,20)/b15-11+. The summed E-state index contributed by atoms with van der Waals surface area (Å²) in [5, 5.41) is 2.95. The molecule has 1 aliphatic heterocycles. The summed E-state index contributed by atoms with van der Waals surface area (Å²) in [4.78, 5) is 16.5. The van der Waals surface area contributed by atoms with Gasteiger partial charge in [0.1, 0.15) is 11.5 Å². The van der Waals surface area contributed by atoms with Crippen LogP contribution in [0.15, 0.2) is 35.0 Å². The highest BCUT2D eigenvalue weighted by molar-refractivity contribution is 6.15. The van der Waals surface area contributed by atoms with Gasteiger partial charge in [-0.25, -0.2) is 4.99 Å². The molecule has 1 heterocycles. The molecule has 3 nitrogen and oxygen atoms in total. The minimum atomic E-state index is -0.0638. The third kappa shape index (κ3) is 2.82. The second-order valence-electron chi connectivity index (χ2n) is 5.73. The van der Waals surface area contributed by atoms with Gasteiger partial charge in [-0.1, -0.05) is 49.1 Å². The van der Waals surface area contributed by atoms with Gasteiger partial charge < -0.3 is 5.32 Å². The number of benzene rings is 1. The fraction of sp³-hybridized carbons (Fsp3) is 0.412. The van der Waals surface area contributed by atoms with Crippen LogP contribution in [-0.2, 0) is 4.79 Å². The maximum absolute atomic E-state index is 12.0. The van der Waals surface area contributed by atoms with Crippen molar-refractivity contribution in [2.24, 2.45) is 10.9 Å². The van der Waals surface area contributed by atoms with Crippen LogP contribution in [0.4, 0.5) is 0 Å². The fourth-order valence-corrected chi connectivity index (χ4v) is 2.88. The SMILES string of the molecule is Cc1ccc(/C=C2/N=C(C3CCCCC3)NC2=O)cc1. The molecule has 0 aromatic heterocycles. The number of hydrogen-bond donors (Lipinski definition) is 1. The van der Waals surface area contributed by atoms with E-state index in [0.29, 0.717) is 11.6 Å². The Morgan fingerprint density at radius 2 is 1.85 bits per heavy atom. The van der Waals surface area contributed by atoms with E-state index in [1.165, 1.54) is 24.8 Å². The molecule has 2 aliphatic rings. The van der Waals surface area contributed by atoms with Gasteiger partial charge in [-0.05, 0) is 31.4 Å². The first kappa shape index (κ1) is 13.1. The van der Waals surface area contributed by atoms with Crippen LogP contribution < -0.4 is 5.32 Å². The molecule has 0 radical (unpaired) electrons. The number of amidine groups is 1. The van der Waals surface area contributed by atoms with Crippen molar-refractivity contribution in [3.63, 3.8) is 0 Å². The Kier molecular flexibility index (Phi) is 3.68. The van der Waals surface area contributed by atoms with Crippen molar-refractivity contribution in [3.8, 4) is 0 Å². The third-order valence-corrected chi connectivity index (χ3v) is 4.09. The predicted molar refractivity (Wildman–Crippen MR) is 81.3 cm³/mol. The number of nitrogens with zero attached hydrogens (tertiary/aromatic N) is 1. The lowest BCUT2D eigenvalue weighted by Gasteiger charge is -2.20. The molecule has 104 valence electrons. The Morgan fingerprint density at radius 3 is 2.55 bits per heavy atom. The molecule has 0 unspecified atom stereocenters. The topological polar surface area (TPSA) is 41.5 Å². The molecular weight excluding hydrogens is 248 g/mol. The van der Waals surface area contributed by atoms with Crippen LogP contribution >= 0.6 is 0 Å². The Balaban J connectivity index is 1.80. The van der Waals surface area contributed by atoms with Gasteiger partial charge in [-0.15, -0.1) is 0 Å².